The summed E-state index contributed by atoms with van der Waals surface area (Å²) in [6.45, 7) is 1.50. The van der Waals surface area contributed by atoms with Crippen LogP contribution in [0, 0.1) is 5.41 Å². The first kappa shape index (κ1) is 20.3. The first-order valence-electron chi connectivity index (χ1n) is 8.23. The molecule has 0 radical (unpaired) electrons. The average molecular weight is 431 g/mol. The van der Waals surface area contributed by atoms with E-state index in [9.17, 15) is 13.2 Å². The fourth-order valence-corrected chi connectivity index (χ4v) is 6.59. The molecule has 0 aliphatic carbocycles. The van der Waals surface area contributed by atoms with Gasteiger partial charge in [-0.15, -0.1) is 23.1 Å². The van der Waals surface area contributed by atoms with E-state index in [1.165, 1.54) is 36.1 Å². The minimum atomic E-state index is -3.76. The number of Topliss-reactive ketones (excluding diaryl/α,β-unsaturated/α-hetero) is 1. The van der Waals surface area contributed by atoms with E-state index in [0.29, 0.717) is 14.6 Å². The van der Waals surface area contributed by atoms with Gasteiger partial charge in [0.05, 0.1) is 18.9 Å². The lowest BCUT2D eigenvalue weighted by Gasteiger charge is -2.08. The Bertz CT molecular complexity index is 1160. The molecule has 3 N–H and O–H groups in total. The number of sulfone groups is 1. The molecule has 0 atom stereocenters. The Balaban J connectivity index is 2.06. The number of nitrogens with one attached hydrogen (secondary N) is 1. The number of thiophene rings is 1. The zero-order chi connectivity index (χ0) is 20.5. The Morgan fingerprint density at radius 2 is 1.75 bits per heavy atom. The molecule has 8 heteroatoms. The van der Waals surface area contributed by atoms with Crippen LogP contribution in [-0.2, 0) is 9.84 Å². The zero-order valence-electron chi connectivity index (χ0n) is 15.2. The summed E-state index contributed by atoms with van der Waals surface area (Å²) >= 11 is 2.51. The molecule has 0 unspecified atom stereocenters. The zero-order valence-corrected chi connectivity index (χ0v) is 17.7. The van der Waals surface area contributed by atoms with Crippen LogP contribution in [0.4, 0.5) is 0 Å². The minimum Gasteiger partial charge on any atom is -0.383 e. The van der Waals surface area contributed by atoms with E-state index in [4.69, 9.17) is 11.1 Å². The van der Waals surface area contributed by atoms with Gasteiger partial charge < -0.3 is 5.73 Å². The maximum atomic E-state index is 13.2. The third kappa shape index (κ3) is 3.89. The highest BCUT2D eigenvalue weighted by atomic mass is 32.2. The Morgan fingerprint density at radius 3 is 2.32 bits per heavy atom. The summed E-state index contributed by atoms with van der Waals surface area (Å²) in [5.74, 6) is -0.174. The molecule has 144 valence electrons. The van der Waals surface area contributed by atoms with Crippen LogP contribution in [-0.4, -0.2) is 26.3 Å². The molecular weight excluding hydrogens is 412 g/mol. The van der Waals surface area contributed by atoms with Crippen LogP contribution in [0.2, 0.25) is 0 Å². The second-order valence-electron chi connectivity index (χ2n) is 6.04. The summed E-state index contributed by atoms with van der Waals surface area (Å²) in [4.78, 5) is 12.2. The van der Waals surface area contributed by atoms with Gasteiger partial charge >= 0.3 is 0 Å². The number of thioether (sulfide) groups is 1. The topological polar surface area (TPSA) is 101 Å². The summed E-state index contributed by atoms with van der Waals surface area (Å²) in [7, 11) is -3.76. The van der Waals surface area contributed by atoms with E-state index in [2.05, 4.69) is 0 Å². The summed E-state index contributed by atoms with van der Waals surface area (Å²) in [5.41, 5.74) is 7.70. The van der Waals surface area contributed by atoms with Crippen molar-refractivity contribution < 1.29 is 13.2 Å². The van der Waals surface area contributed by atoms with Crippen LogP contribution in [0.5, 0.6) is 0 Å². The van der Waals surface area contributed by atoms with Gasteiger partial charge in [0, 0.05) is 5.56 Å². The number of carbonyl (C=O) groups excluding carboxylic acids is 1. The van der Waals surface area contributed by atoms with Gasteiger partial charge in [0.15, 0.2) is 5.78 Å². The van der Waals surface area contributed by atoms with Gasteiger partial charge in [0.1, 0.15) is 5.84 Å². The third-order valence-electron chi connectivity index (χ3n) is 4.18. The van der Waals surface area contributed by atoms with Crippen LogP contribution < -0.4 is 5.73 Å². The van der Waals surface area contributed by atoms with Gasteiger partial charge in [-0.25, -0.2) is 8.42 Å². The molecule has 0 saturated carbocycles. The highest BCUT2D eigenvalue weighted by molar-refractivity contribution is 8.01. The van der Waals surface area contributed by atoms with Gasteiger partial charge in [-0.1, -0.05) is 36.4 Å². The molecule has 0 aliphatic heterocycles. The molecular formula is C20H18N2O3S3. The predicted molar refractivity (Wildman–Crippen MR) is 114 cm³/mol. The lowest BCUT2D eigenvalue weighted by atomic mass is 10.0. The SMILES string of the molecule is CSc1sc(C(=N)N)cc1S(=O)(=O)c1cccc(-c2ccc(C(C)=O)cc2)c1. The molecule has 0 amide bonds. The van der Waals surface area contributed by atoms with Crippen LogP contribution in [0.15, 0.2) is 68.6 Å². The van der Waals surface area contributed by atoms with Crippen molar-refractivity contribution >= 4 is 44.6 Å². The summed E-state index contributed by atoms with van der Waals surface area (Å²) in [5, 5.41) is 7.58. The maximum absolute atomic E-state index is 13.2. The first-order valence-corrected chi connectivity index (χ1v) is 11.7. The second-order valence-corrected chi connectivity index (χ2v) is 10.1. The van der Waals surface area contributed by atoms with Gasteiger partial charge in [-0.2, -0.15) is 0 Å². The van der Waals surface area contributed by atoms with Crippen molar-refractivity contribution in [2.45, 2.75) is 20.9 Å². The molecule has 3 aromatic rings. The van der Waals surface area contributed by atoms with E-state index in [-0.39, 0.29) is 21.4 Å². The number of hydrogen-bond donors (Lipinski definition) is 2. The normalized spacial score (nSPS) is 11.4. The van der Waals surface area contributed by atoms with Crippen molar-refractivity contribution in [2.24, 2.45) is 5.73 Å². The van der Waals surface area contributed by atoms with E-state index >= 15 is 0 Å². The Hall–Kier alpha value is -2.42. The van der Waals surface area contributed by atoms with Gasteiger partial charge in [-0.3, -0.25) is 10.2 Å². The Kier molecular flexibility index (Phi) is 5.74. The average Bonchev–Trinajstić information content (AvgIpc) is 3.14. The van der Waals surface area contributed by atoms with Crippen molar-refractivity contribution in [3.05, 3.63) is 65.0 Å². The standard InChI is InChI=1S/C20H18N2O3S3/c1-12(23)13-6-8-14(9-7-13)15-4-3-5-16(10-15)28(24,25)18-11-17(19(21)22)27-20(18)26-2/h3-11H,1-2H3,(H3,21,22). The molecule has 3 rings (SSSR count). The number of ketones is 1. The lowest BCUT2D eigenvalue weighted by Crippen LogP contribution is -2.08. The van der Waals surface area contributed by atoms with E-state index in [1.54, 1.807) is 48.7 Å². The fraction of sp³-hybridized carbons (Fsp3) is 0.100. The predicted octanol–water partition coefficient (Wildman–Crippen LogP) is 4.46. The Labute approximate surface area is 172 Å². The largest absolute Gasteiger partial charge is 0.383 e. The number of amidine groups is 1. The lowest BCUT2D eigenvalue weighted by molar-refractivity contribution is 0.101. The second kappa shape index (κ2) is 7.90. The van der Waals surface area contributed by atoms with Crippen LogP contribution in [0.3, 0.4) is 0 Å². The van der Waals surface area contributed by atoms with E-state index in [0.717, 1.165) is 11.1 Å². The third-order valence-corrected chi connectivity index (χ3v) is 8.51. The summed E-state index contributed by atoms with van der Waals surface area (Å²) in [6, 6.07) is 15.2. The van der Waals surface area contributed by atoms with Crippen LogP contribution in [0.25, 0.3) is 11.1 Å². The van der Waals surface area contributed by atoms with E-state index in [1.807, 2.05) is 6.07 Å². The smallest absolute Gasteiger partial charge is 0.208 e. The van der Waals surface area contributed by atoms with E-state index < -0.39 is 9.84 Å². The molecule has 28 heavy (non-hydrogen) atoms. The number of benzene rings is 2. The molecule has 2 aromatic carbocycles. The molecule has 1 aromatic heterocycles. The van der Waals surface area contributed by atoms with Gasteiger partial charge in [0.2, 0.25) is 9.84 Å². The maximum Gasteiger partial charge on any atom is 0.208 e. The number of hydrogen-bond acceptors (Lipinski definition) is 6. The molecule has 0 aliphatic rings. The first-order chi connectivity index (χ1) is 13.2. The van der Waals surface area contributed by atoms with Gasteiger partial charge in [0.25, 0.3) is 0 Å². The molecule has 5 nitrogen and oxygen atoms in total. The minimum absolute atomic E-state index is 0.0220. The fourth-order valence-electron chi connectivity index (χ4n) is 2.69. The summed E-state index contributed by atoms with van der Waals surface area (Å²) < 4.78 is 27.0. The van der Waals surface area contributed by atoms with Gasteiger partial charge in [-0.05, 0) is 42.5 Å². The number of rotatable bonds is 6. The Morgan fingerprint density at radius 1 is 1.07 bits per heavy atom. The molecule has 0 bridgehead atoms. The highest BCUT2D eigenvalue weighted by Crippen LogP contribution is 2.37. The van der Waals surface area contributed by atoms with Crippen molar-refractivity contribution in [1.82, 2.24) is 0 Å². The van der Waals surface area contributed by atoms with Crippen molar-refractivity contribution in [2.75, 3.05) is 6.26 Å². The highest BCUT2D eigenvalue weighted by Gasteiger charge is 2.25. The molecule has 1 heterocycles. The van der Waals surface area contributed by atoms with Crippen LogP contribution in [0.1, 0.15) is 22.2 Å². The summed E-state index contributed by atoms with van der Waals surface area (Å²) in [6.07, 6.45) is 1.79. The van der Waals surface area contributed by atoms with Crippen LogP contribution >= 0.6 is 23.1 Å². The molecule has 0 spiro atoms. The monoisotopic (exact) mass is 430 g/mol. The molecule has 0 saturated heterocycles. The van der Waals surface area contributed by atoms with Crippen molar-refractivity contribution in [3.8, 4) is 11.1 Å². The quantitative estimate of drug-likeness (QED) is 0.260. The van der Waals surface area contributed by atoms with Crippen molar-refractivity contribution in [1.29, 1.82) is 5.41 Å². The van der Waals surface area contributed by atoms with Crippen molar-refractivity contribution in [3.63, 3.8) is 0 Å². The number of carbonyl (C=O) groups is 1. The molecule has 0 fully saturated rings. The number of nitrogens with two attached hydrogens (primary N) is 1. The number of nitrogen functional groups attached to an aromatic ring is 1.